The van der Waals surface area contributed by atoms with Gasteiger partial charge in [0.05, 0.1) is 6.07 Å². The first-order valence-electron chi connectivity index (χ1n) is 3.44. The van der Waals surface area contributed by atoms with Crippen LogP contribution in [0, 0.1) is 11.3 Å². The lowest BCUT2D eigenvalue weighted by Crippen LogP contribution is -1.61. The normalized spacial score (nSPS) is 6.40. The zero-order valence-corrected chi connectivity index (χ0v) is 6.64. The highest BCUT2D eigenvalue weighted by molar-refractivity contribution is 4.93. The van der Waals surface area contributed by atoms with Crippen LogP contribution in [-0.4, -0.2) is 0 Å². The van der Waals surface area contributed by atoms with Crippen molar-refractivity contribution in [2.24, 2.45) is 0 Å². The van der Waals surface area contributed by atoms with Gasteiger partial charge in [0.2, 0.25) is 0 Å². The Balaban J connectivity index is 0. The van der Waals surface area contributed by atoms with Gasteiger partial charge >= 0.3 is 0 Å². The lowest BCUT2D eigenvalue weighted by atomic mass is 10.3. The van der Waals surface area contributed by atoms with Gasteiger partial charge in [-0.25, -0.2) is 0 Å². The maximum Gasteiger partial charge on any atom is 0.0905 e. The van der Waals surface area contributed by atoms with Gasteiger partial charge in [-0.3, -0.25) is 0 Å². The third-order valence-electron chi connectivity index (χ3n) is 0.853. The van der Waals surface area contributed by atoms with Crippen LogP contribution in [0.2, 0.25) is 0 Å². The molecule has 0 bridgehead atoms. The number of rotatable bonds is 3. The van der Waals surface area contributed by atoms with Crippen molar-refractivity contribution in [3.05, 3.63) is 25.3 Å². The largest absolute Gasteiger partial charge is 0.193 e. The first-order chi connectivity index (χ1) is 4.83. The molecule has 0 aliphatic rings. The Kier molecular flexibility index (Phi) is 18.4. The highest BCUT2D eigenvalue weighted by Gasteiger charge is 1.71. The molecule has 0 amide bonds. The minimum absolute atomic E-state index is 1.18. The highest BCUT2D eigenvalue weighted by Crippen LogP contribution is 1.91. The monoisotopic (exact) mass is 137 g/mol. The fourth-order valence-electron chi connectivity index (χ4n) is 0.348. The summed E-state index contributed by atoms with van der Waals surface area (Å²) in [5.74, 6) is 0. The zero-order valence-electron chi connectivity index (χ0n) is 6.64. The van der Waals surface area contributed by atoms with Crippen LogP contribution < -0.4 is 0 Å². The van der Waals surface area contributed by atoms with E-state index in [0.717, 1.165) is 0 Å². The maximum absolute atomic E-state index is 7.51. The Bertz CT molecular complexity index is 108. The van der Waals surface area contributed by atoms with E-state index in [-0.39, 0.29) is 0 Å². The van der Waals surface area contributed by atoms with Gasteiger partial charge in [0.1, 0.15) is 0 Å². The van der Waals surface area contributed by atoms with Crippen LogP contribution in [0.5, 0.6) is 0 Å². The molecular formula is C9H15N. The SMILES string of the molecule is C=CC#N.C=CCCCC. The van der Waals surface area contributed by atoms with E-state index in [9.17, 15) is 0 Å². The van der Waals surface area contributed by atoms with Gasteiger partial charge in [-0.15, -0.1) is 6.58 Å². The van der Waals surface area contributed by atoms with E-state index in [1.165, 1.54) is 25.3 Å². The molecule has 0 aromatic rings. The summed E-state index contributed by atoms with van der Waals surface area (Å²) in [7, 11) is 0. The number of nitrogens with zero attached hydrogens (tertiary/aromatic N) is 1. The van der Waals surface area contributed by atoms with Crippen LogP contribution in [0.1, 0.15) is 26.2 Å². The lowest BCUT2D eigenvalue weighted by molar-refractivity contribution is 0.816. The average Bonchev–Trinajstić information content (AvgIpc) is 2.01. The number of hydrogen-bond donors (Lipinski definition) is 0. The van der Waals surface area contributed by atoms with Crippen LogP contribution in [0.25, 0.3) is 0 Å². The quantitative estimate of drug-likeness (QED) is 0.333. The van der Waals surface area contributed by atoms with Gasteiger partial charge < -0.3 is 0 Å². The van der Waals surface area contributed by atoms with E-state index in [1.807, 2.05) is 6.08 Å². The van der Waals surface area contributed by atoms with E-state index in [4.69, 9.17) is 5.26 Å². The van der Waals surface area contributed by atoms with Crippen molar-refractivity contribution in [2.45, 2.75) is 26.2 Å². The second-order valence-corrected chi connectivity index (χ2v) is 1.76. The molecule has 0 atom stereocenters. The molecule has 0 spiro atoms. The third-order valence-corrected chi connectivity index (χ3v) is 0.853. The van der Waals surface area contributed by atoms with E-state index in [2.05, 4.69) is 20.1 Å². The van der Waals surface area contributed by atoms with Crippen molar-refractivity contribution in [1.82, 2.24) is 0 Å². The molecule has 0 aromatic carbocycles. The maximum atomic E-state index is 7.51. The summed E-state index contributed by atoms with van der Waals surface area (Å²) in [6.45, 7) is 8.90. The summed E-state index contributed by atoms with van der Waals surface area (Å²) in [6.07, 6.45) is 6.90. The third kappa shape index (κ3) is 28.2. The van der Waals surface area contributed by atoms with Crippen LogP contribution >= 0.6 is 0 Å². The molecule has 1 nitrogen and oxygen atoms in total. The Morgan fingerprint density at radius 3 is 2.10 bits per heavy atom. The molecule has 10 heavy (non-hydrogen) atoms. The molecule has 0 saturated carbocycles. The molecule has 0 heterocycles. The molecule has 0 aromatic heterocycles. The molecule has 1 heteroatoms. The number of hydrogen-bond acceptors (Lipinski definition) is 1. The summed E-state index contributed by atoms with van der Waals surface area (Å²) < 4.78 is 0. The summed E-state index contributed by atoms with van der Waals surface area (Å²) in [5, 5.41) is 7.51. The van der Waals surface area contributed by atoms with Gasteiger partial charge in [0, 0.05) is 6.08 Å². The highest BCUT2D eigenvalue weighted by atomic mass is 14.2. The average molecular weight is 137 g/mol. The molecule has 0 rings (SSSR count). The summed E-state index contributed by atoms with van der Waals surface area (Å²) in [6, 6.07) is 1.69. The zero-order chi connectivity index (χ0) is 8.24. The van der Waals surface area contributed by atoms with Crippen molar-refractivity contribution < 1.29 is 0 Å². The molecule has 0 radical (unpaired) electrons. The molecule has 56 valence electrons. The fraction of sp³-hybridized carbons (Fsp3) is 0.444. The van der Waals surface area contributed by atoms with Gasteiger partial charge in [0.25, 0.3) is 0 Å². The Labute approximate surface area is 63.7 Å². The van der Waals surface area contributed by atoms with E-state index in [1.54, 1.807) is 6.07 Å². The predicted molar refractivity (Wildman–Crippen MR) is 45.5 cm³/mol. The molecular weight excluding hydrogens is 122 g/mol. The van der Waals surface area contributed by atoms with Crippen molar-refractivity contribution >= 4 is 0 Å². The van der Waals surface area contributed by atoms with Gasteiger partial charge in [-0.1, -0.05) is 32.4 Å². The fourth-order valence-corrected chi connectivity index (χ4v) is 0.348. The Morgan fingerprint density at radius 2 is 2.00 bits per heavy atom. The van der Waals surface area contributed by atoms with Crippen molar-refractivity contribution in [3.8, 4) is 6.07 Å². The Morgan fingerprint density at radius 1 is 1.50 bits per heavy atom. The summed E-state index contributed by atoms with van der Waals surface area (Å²) >= 11 is 0. The minimum atomic E-state index is 1.18. The van der Waals surface area contributed by atoms with Crippen LogP contribution in [0.3, 0.4) is 0 Å². The smallest absolute Gasteiger partial charge is 0.0905 e. The van der Waals surface area contributed by atoms with Crippen LogP contribution in [0.15, 0.2) is 25.3 Å². The molecule has 0 unspecified atom stereocenters. The van der Waals surface area contributed by atoms with E-state index >= 15 is 0 Å². The Hall–Kier alpha value is -1.03. The molecule has 0 N–H and O–H groups in total. The molecule has 0 saturated heterocycles. The minimum Gasteiger partial charge on any atom is -0.193 e. The number of nitriles is 1. The van der Waals surface area contributed by atoms with Crippen molar-refractivity contribution in [1.29, 1.82) is 5.26 Å². The topological polar surface area (TPSA) is 23.8 Å². The van der Waals surface area contributed by atoms with Crippen LogP contribution in [-0.2, 0) is 0 Å². The second-order valence-electron chi connectivity index (χ2n) is 1.76. The molecule has 0 aliphatic carbocycles. The summed E-state index contributed by atoms with van der Waals surface area (Å²) in [4.78, 5) is 0. The van der Waals surface area contributed by atoms with Gasteiger partial charge in [-0.2, -0.15) is 5.26 Å². The molecule has 0 fully saturated rings. The van der Waals surface area contributed by atoms with Crippen molar-refractivity contribution in [2.75, 3.05) is 0 Å². The summed E-state index contributed by atoms with van der Waals surface area (Å²) in [5.41, 5.74) is 0. The van der Waals surface area contributed by atoms with E-state index in [0.29, 0.717) is 0 Å². The number of unbranched alkanes of at least 4 members (excludes halogenated alkanes) is 2. The van der Waals surface area contributed by atoms with E-state index < -0.39 is 0 Å². The first kappa shape index (κ1) is 11.7. The standard InChI is InChI=1S/C6H12.C3H3N/c1-3-5-6-4-2;1-2-3-4/h3H,1,4-6H2,2H3;2H,1H2. The number of allylic oxidation sites excluding steroid dienone is 2. The molecule has 0 aliphatic heterocycles. The van der Waals surface area contributed by atoms with Crippen LogP contribution in [0.4, 0.5) is 0 Å². The lowest BCUT2D eigenvalue weighted by Gasteiger charge is -1.81. The predicted octanol–water partition coefficient (Wildman–Crippen LogP) is 3.06. The van der Waals surface area contributed by atoms with Gasteiger partial charge in [-0.05, 0) is 6.42 Å². The van der Waals surface area contributed by atoms with Gasteiger partial charge in [0.15, 0.2) is 0 Å². The first-order valence-corrected chi connectivity index (χ1v) is 3.44. The van der Waals surface area contributed by atoms with Crippen molar-refractivity contribution in [3.63, 3.8) is 0 Å². The second kappa shape index (κ2) is 15.7.